The van der Waals surface area contributed by atoms with Crippen molar-refractivity contribution in [1.29, 1.82) is 0 Å². The second-order valence-corrected chi connectivity index (χ2v) is 9.66. The summed E-state index contributed by atoms with van der Waals surface area (Å²) in [5.74, 6) is -0.0691. The molecule has 0 aliphatic heterocycles. The summed E-state index contributed by atoms with van der Waals surface area (Å²) in [5, 5.41) is 10.2. The SMILES string of the molecule is CC(C)(C)NS(=O)(=O)c1cccc(NC(=O)CSc2nncs2)c1. The van der Waals surface area contributed by atoms with Gasteiger partial charge in [0.2, 0.25) is 15.9 Å². The van der Waals surface area contributed by atoms with Crippen LogP contribution < -0.4 is 10.0 Å². The van der Waals surface area contributed by atoms with Crippen LogP contribution in [0.4, 0.5) is 5.69 Å². The zero-order chi connectivity index (χ0) is 17.8. The van der Waals surface area contributed by atoms with E-state index >= 15 is 0 Å². The van der Waals surface area contributed by atoms with Gasteiger partial charge in [0.05, 0.1) is 10.6 Å². The summed E-state index contributed by atoms with van der Waals surface area (Å²) in [4.78, 5) is 12.1. The van der Waals surface area contributed by atoms with Crippen LogP contribution in [0.15, 0.2) is 39.0 Å². The second kappa shape index (κ2) is 7.60. The second-order valence-electron chi connectivity index (χ2n) is 5.92. The average Bonchev–Trinajstić information content (AvgIpc) is 2.96. The van der Waals surface area contributed by atoms with E-state index in [-0.39, 0.29) is 16.6 Å². The van der Waals surface area contributed by atoms with Crippen molar-refractivity contribution in [2.24, 2.45) is 0 Å². The highest BCUT2D eigenvalue weighted by Gasteiger charge is 2.22. The highest BCUT2D eigenvalue weighted by Crippen LogP contribution is 2.20. The number of carbonyl (C=O) groups is 1. The molecule has 2 N–H and O–H groups in total. The minimum Gasteiger partial charge on any atom is -0.325 e. The molecule has 0 saturated carbocycles. The number of hydrogen-bond donors (Lipinski definition) is 2. The molecule has 1 aromatic carbocycles. The number of hydrogen-bond acceptors (Lipinski definition) is 7. The average molecular weight is 387 g/mol. The van der Waals surface area contributed by atoms with Crippen molar-refractivity contribution in [2.75, 3.05) is 11.1 Å². The molecule has 2 rings (SSSR count). The van der Waals surface area contributed by atoms with E-state index in [1.54, 1.807) is 38.4 Å². The zero-order valence-corrected chi connectivity index (χ0v) is 15.9. The number of benzene rings is 1. The first-order valence-electron chi connectivity index (χ1n) is 6.99. The van der Waals surface area contributed by atoms with Crippen molar-refractivity contribution < 1.29 is 13.2 Å². The summed E-state index contributed by atoms with van der Waals surface area (Å²) in [6.07, 6.45) is 0. The fraction of sp³-hybridized carbons (Fsp3) is 0.357. The molecule has 24 heavy (non-hydrogen) atoms. The summed E-state index contributed by atoms with van der Waals surface area (Å²) in [5.41, 5.74) is 1.43. The summed E-state index contributed by atoms with van der Waals surface area (Å²) in [6, 6.07) is 6.15. The lowest BCUT2D eigenvalue weighted by Crippen LogP contribution is -2.40. The van der Waals surface area contributed by atoms with Gasteiger partial charge in [-0.3, -0.25) is 4.79 Å². The highest BCUT2D eigenvalue weighted by molar-refractivity contribution is 8.01. The molecule has 2 aromatic rings. The van der Waals surface area contributed by atoms with E-state index in [9.17, 15) is 13.2 Å². The number of rotatable bonds is 6. The molecule has 0 saturated heterocycles. The van der Waals surface area contributed by atoms with Gasteiger partial charge in [0.25, 0.3) is 0 Å². The van der Waals surface area contributed by atoms with Gasteiger partial charge in [-0.25, -0.2) is 13.1 Å². The maximum Gasteiger partial charge on any atom is 0.241 e. The fourth-order valence-electron chi connectivity index (χ4n) is 1.75. The van der Waals surface area contributed by atoms with Crippen LogP contribution in [0.5, 0.6) is 0 Å². The minimum atomic E-state index is -3.65. The molecule has 1 heterocycles. The van der Waals surface area contributed by atoms with Crippen LogP contribution in [0, 0.1) is 0 Å². The first kappa shape index (κ1) is 18.8. The van der Waals surface area contributed by atoms with Gasteiger partial charge in [-0.1, -0.05) is 29.2 Å². The van der Waals surface area contributed by atoms with Crippen LogP contribution in [0.1, 0.15) is 20.8 Å². The normalized spacial score (nSPS) is 12.1. The molecule has 7 nitrogen and oxygen atoms in total. The van der Waals surface area contributed by atoms with Gasteiger partial charge >= 0.3 is 0 Å². The maximum absolute atomic E-state index is 12.3. The third-order valence-electron chi connectivity index (χ3n) is 2.54. The monoisotopic (exact) mass is 386 g/mol. The van der Waals surface area contributed by atoms with Crippen molar-refractivity contribution >= 4 is 44.7 Å². The molecule has 0 aliphatic carbocycles. The molecule has 0 fully saturated rings. The Balaban J connectivity index is 2.03. The molecule has 0 spiro atoms. The van der Waals surface area contributed by atoms with Gasteiger partial charge in [-0.05, 0) is 39.0 Å². The smallest absolute Gasteiger partial charge is 0.241 e. The number of anilines is 1. The van der Waals surface area contributed by atoms with Gasteiger partial charge < -0.3 is 5.32 Å². The van der Waals surface area contributed by atoms with E-state index in [0.717, 1.165) is 0 Å². The molecule has 1 aromatic heterocycles. The lowest BCUT2D eigenvalue weighted by atomic mass is 10.1. The van der Waals surface area contributed by atoms with Crippen molar-refractivity contribution in [3.8, 4) is 0 Å². The number of amides is 1. The Bertz CT molecular complexity index is 799. The van der Waals surface area contributed by atoms with E-state index in [0.29, 0.717) is 10.0 Å². The molecule has 0 radical (unpaired) electrons. The number of sulfonamides is 1. The fourth-order valence-corrected chi connectivity index (χ4v) is 4.51. The Morgan fingerprint density at radius 2 is 2.08 bits per heavy atom. The first-order valence-corrected chi connectivity index (χ1v) is 10.3. The summed E-state index contributed by atoms with van der Waals surface area (Å²) < 4.78 is 27.9. The predicted molar refractivity (Wildman–Crippen MR) is 95.8 cm³/mol. The largest absolute Gasteiger partial charge is 0.325 e. The van der Waals surface area contributed by atoms with Crippen LogP contribution in [0.2, 0.25) is 0 Å². The zero-order valence-electron chi connectivity index (χ0n) is 13.4. The third kappa shape index (κ3) is 5.86. The molecule has 130 valence electrons. The lowest BCUT2D eigenvalue weighted by molar-refractivity contribution is -0.113. The molecule has 0 atom stereocenters. The Morgan fingerprint density at radius 1 is 1.33 bits per heavy atom. The summed E-state index contributed by atoms with van der Waals surface area (Å²) >= 11 is 2.63. The van der Waals surface area contributed by atoms with Crippen LogP contribution >= 0.6 is 23.1 Å². The Morgan fingerprint density at radius 3 is 2.71 bits per heavy atom. The van der Waals surface area contributed by atoms with E-state index in [4.69, 9.17) is 0 Å². The Kier molecular flexibility index (Phi) is 5.97. The van der Waals surface area contributed by atoms with Crippen molar-refractivity contribution in [2.45, 2.75) is 35.5 Å². The number of nitrogens with one attached hydrogen (secondary N) is 2. The topological polar surface area (TPSA) is 101 Å². The number of thioether (sulfide) groups is 1. The summed E-state index contributed by atoms with van der Waals surface area (Å²) in [7, 11) is -3.65. The van der Waals surface area contributed by atoms with E-state index in [2.05, 4.69) is 20.2 Å². The van der Waals surface area contributed by atoms with Gasteiger partial charge in [-0.2, -0.15) is 0 Å². The quantitative estimate of drug-likeness (QED) is 0.739. The standard InChI is InChI=1S/C14H18N4O3S3/c1-14(2,3)18-24(20,21)11-6-4-5-10(7-11)16-12(19)8-22-13-17-15-9-23-13/h4-7,9,18H,8H2,1-3H3,(H,16,19). The van der Waals surface area contributed by atoms with Gasteiger partial charge in [0, 0.05) is 11.2 Å². The van der Waals surface area contributed by atoms with E-state index in [1.807, 2.05) is 0 Å². The van der Waals surface area contributed by atoms with Gasteiger partial charge in [0.15, 0.2) is 4.34 Å². The number of nitrogens with zero attached hydrogens (tertiary/aromatic N) is 2. The summed E-state index contributed by atoms with van der Waals surface area (Å²) in [6.45, 7) is 5.29. The van der Waals surface area contributed by atoms with Crippen LogP contribution in [0.3, 0.4) is 0 Å². The molecule has 10 heteroatoms. The van der Waals surface area contributed by atoms with Crippen molar-refractivity contribution in [3.05, 3.63) is 29.8 Å². The van der Waals surface area contributed by atoms with E-state index < -0.39 is 15.6 Å². The highest BCUT2D eigenvalue weighted by atomic mass is 32.2. The third-order valence-corrected chi connectivity index (χ3v) is 6.15. The Labute approximate surface area is 149 Å². The Hall–Kier alpha value is -1.49. The molecular formula is C14H18N4O3S3. The molecule has 0 unspecified atom stereocenters. The maximum atomic E-state index is 12.3. The van der Waals surface area contributed by atoms with Gasteiger partial charge in [-0.15, -0.1) is 10.2 Å². The predicted octanol–water partition coefficient (Wildman–Crippen LogP) is 2.35. The first-order chi connectivity index (χ1) is 11.2. The minimum absolute atomic E-state index is 0.104. The van der Waals surface area contributed by atoms with Crippen LogP contribution in [-0.4, -0.2) is 35.8 Å². The van der Waals surface area contributed by atoms with E-state index in [1.165, 1.54) is 35.2 Å². The van der Waals surface area contributed by atoms with Crippen molar-refractivity contribution in [1.82, 2.24) is 14.9 Å². The number of carbonyl (C=O) groups excluding carboxylic acids is 1. The number of aromatic nitrogens is 2. The molecule has 0 aliphatic rings. The molecule has 0 bridgehead atoms. The van der Waals surface area contributed by atoms with Crippen LogP contribution in [0.25, 0.3) is 0 Å². The molecule has 1 amide bonds. The molecular weight excluding hydrogens is 368 g/mol. The lowest BCUT2D eigenvalue weighted by Gasteiger charge is -2.20. The van der Waals surface area contributed by atoms with Crippen molar-refractivity contribution in [3.63, 3.8) is 0 Å². The van der Waals surface area contributed by atoms with Gasteiger partial charge in [0.1, 0.15) is 5.51 Å². The van der Waals surface area contributed by atoms with Crippen LogP contribution in [-0.2, 0) is 14.8 Å².